The molecule has 0 radical (unpaired) electrons. The predicted molar refractivity (Wildman–Crippen MR) is 75.2 cm³/mol. The van der Waals surface area contributed by atoms with Gasteiger partial charge in [0.05, 0.1) is 12.3 Å². The SMILES string of the molecule is CN(C)CCCC(CC(=O)O)C(=O)O.O=[P+]([O-])OO.[HH].[NH2-].[NH2-].[Pt+2]. The maximum atomic E-state index is 10.6. The summed E-state index contributed by atoms with van der Waals surface area (Å²) in [7, 11) is 0.749. The zero-order chi connectivity index (χ0) is 15.4. The van der Waals surface area contributed by atoms with E-state index in [2.05, 4.69) is 4.67 Å². The van der Waals surface area contributed by atoms with Crippen molar-refractivity contribution in [3.05, 3.63) is 12.3 Å². The van der Waals surface area contributed by atoms with Gasteiger partial charge in [0.2, 0.25) is 0 Å². The van der Waals surface area contributed by atoms with Gasteiger partial charge in [-0.15, -0.1) is 0 Å². The van der Waals surface area contributed by atoms with Crippen molar-refractivity contribution in [2.75, 3.05) is 20.6 Å². The number of carboxylic acids is 2. The first kappa shape index (κ1) is 33.2. The third-order valence-electron chi connectivity index (χ3n) is 1.99. The Hall–Kier alpha value is -0.512. The van der Waals surface area contributed by atoms with E-state index < -0.39 is 26.1 Å². The molecular formula is C9H24N3O8PPt. The van der Waals surface area contributed by atoms with Crippen LogP contribution < -0.4 is 4.89 Å². The fourth-order valence-electron chi connectivity index (χ4n) is 1.18. The van der Waals surface area contributed by atoms with Gasteiger partial charge in [0.1, 0.15) is 0 Å². The Morgan fingerprint density at radius 1 is 1.32 bits per heavy atom. The van der Waals surface area contributed by atoms with Crippen LogP contribution in [-0.4, -0.2) is 52.9 Å². The number of aliphatic carboxylic acids is 2. The van der Waals surface area contributed by atoms with Crippen LogP contribution in [0.4, 0.5) is 0 Å². The maximum Gasteiger partial charge on any atom is 2.00 e. The van der Waals surface area contributed by atoms with E-state index in [1.54, 1.807) is 0 Å². The minimum Gasteiger partial charge on any atom is -0.693 e. The minimum atomic E-state index is -3.04. The van der Waals surface area contributed by atoms with Crippen LogP contribution in [0.3, 0.4) is 0 Å². The topological polar surface area (TPSA) is 214 Å². The molecule has 11 nitrogen and oxygen atoms in total. The molecule has 0 aliphatic rings. The van der Waals surface area contributed by atoms with Gasteiger partial charge in [-0.3, -0.25) is 9.59 Å². The second-order valence-electron chi connectivity index (χ2n) is 3.88. The summed E-state index contributed by atoms with van der Waals surface area (Å²) in [6.45, 7) is 0.781. The molecule has 138 valence electrons. The van der Waals surface area contributed by atoms with Crippen molar-refractivity contribution < 1.29 is 61.7 Å². The smallest absolute Gasteiger partial charge is 0.693 e. The molecule has 0 fully saturated rings. The third-order valence-corrected chi connectivity index (χ3v) is 2.13. The largest absolute Gasteiger partial charge is 2.00 e. The molecule has 0 saturated heterocycles. The van der Waals surface area contributed by atoms with E-state index in [1.807, 2.05) is 19.0 Å². The Balaban J connectivity index is -0.0000000708. The van der Waals surface area contributed by atoms with Gasteiger partial charge in [0.25, 0.3) is 0 Å². The van der Waals surface area contributed by atoms with E-state index in [1.165, 1.54) is 0 Å². The van der Waals surface area contributed by atoms with Crippen molar-refractivity contribution in [2.45, 2.75) is 19.3 Å². The van der Waals surface area contributed by atoms with Crippen LogP contribution in [0.15, 0.2) is 0 Å². The van der Waals surface area contributed by atoms with Crippen molar-refractivity contribution in [3.8, 4) is 0 Å². The Kier molecular flexibility index (Phi) is 30.9. The van der Waals surface area contributed by atoms with Crippen LogP contribution in [0.1, 0.15) is 20.7 Å². The van der Waals surface area contributed by atoms with E-state index >= 15 is 0 Å². The standard InChI is InChI=1S/C9H17NO4.2H2N.HO4P.Pt.H2/c1-10(2)5-3-4-7(9(13)14)6-8(11)12;;;1-4-5(2)3;;/h7H,3-6H2,1-2H3,(H,11,12)(H,13,14);2*1H2;1H;;1H/q;2*-1;;+2;. The van der Waals surface area contributed by atoms with E-state index in [4.69, 9.17) is 24.9 Å². The van der Waals surface area contributed by atoms with Crippen molar-refractivity contribution in [2.24, 2.45) is 5.92 Å². The quantitative estimate of drug-likeness (QED) is 0.237. The summed E-state index contributed by atoms with van der Waals surface area (Å²) >= 11 is 0. The first-order valence-corrected chi connectivity index (χ1v) is 6.35. The molecule has 0 aromatic rings. The first-order chi connectivity index (χ1) is 8.70. The molecule has 2 unspecified atom stereocenters. The summed E-state index contributed by atoms with van der Waals surface area (Å²) in [5.41, 5.74) is 0. The number of nitrogens with two attached hydrogens (primary N) is 2. The zero-order valence-electron chi connectivity index (χ0n) is 12.2. The molecule has 0 aliphatic heterocycles. The predicted octanol–water partition coefficient (Wildman–Crippen LogP) is 1.68. The van der Waals surface area contributed by atoms with Crippen molar-refractivity contribution in [1.29, 1.82) is 0 Å². The average molecular weight is 528 g/mol. The van der Waals surface area contributed by atoms with Crippen LogP contribution in [0.2, 0.25) is 0 Å². The summed E-state index contributed by atoms with van der Waals surface area (Å²) in [6, 6.07) is 0. The molecule has 0 aliphatic carbocycles. The van der Waals surface area contributed by atoms with E-state index in [0.717, 1.165) is 6.54 Å². The Labute approximate surface area is 145 Å². The fraction of sp³-hybridized carbons (Fsp3) is 0.778. The molecule has 22 heavy (non-hydrogen) atoms. The molecule has 0 spiro atoms. The molecule has 13 heteroatoms. The van der Waals surface area contributed by atoms with Gasteiger partial charge in [0, 0.05) is 6.10 Å². The fourth-order valence-corrected chi connectivity index (χ4v) is 1.18. The molecule has 0 heterocycles. The van der Waals surface area contributed by atoms with Crippen molar-refractivity contribution >= 4 is 20.2 Å². The van der Waals surface area contributed by atoms with E-state index in [9.17, 15) is 9.59 Å². The Morgan fingerprint density at radius 3 is 1.95 bits per heavy atom. The normalized spacial score (nSPS) is 10.7. The second kappa shape index (κ2) is 20.5. The number of hydrogen-bond acceptors (Lipinski definition) is 7. The summed E-state index contributed by atoms with van der Waals surface area (Å²) in [5, 5.41) is 24.2. The van der Waals surface area contributed by atoms with Crippen LogP contribution in [0.25, 0.3) is 12.3 Å². The molecule has 0 amide bonds. The number of rotatable bonds is 8. The molecule has 0 aromatic carbocycles. The number of carbonyl (C=O) groups is 2. The van der Waals surface area contributed by atoms with Gasteiger partial charge in [-0.25, -0.2) is 5.26 Å². The van der Waals surface area contributed by atoms with Crippen molar-refractivity contribution in [3.63, 3.8) is 0 Å². The average Bonchev–Trinajstić information content (AvgIpc) is 2.27. The monoisotopic (exact) mass is 528 g/mol. The zero-order valence-corrected chi connectivity index (χ0v) is 15.3. The van der Waals surface area contributed by atoms with Crippen LogP contribution >= 0.6 is 8.25 Å². The minimum absolute atomic E-state index is 0. The van der Waals surface area contributed by atoms with Crippen LogP contribution in [0.5, 0.6) is 0 Å². The van der Waals surface area contributed by atoms with E-state index in [-0.39, 0.29) is 41.2 Å². The molecule has 0 rings (SSSR count). The number of nitrogens with zero attached hydrogens (tertiary/aromatic N) is 1. The van der Waals surface area contributed by atoms with Gasteiger partial charge >= 0.3 is 41.3 Å². The summed E-state index contributed by atoms with van der Waals surface area (Å²) in [4.78, 5) is 31.8. The molecule has 7 N–H and O–H groups in total. The van der Waals surface area contributed by atoms with E-state index in [0.29, 0.717) is 12.8 Å². The number of carboxylic acid groups (broad SMARTS) is 2. The van der Waals surface area contributed by atoms with Gasteiger partial charge in [-0.05, 0) is 38.0 Å². The van der Waals surface area contributed by atoms with Crippen molar-refractivity contribution in [1.82, 2.24) is 4.90 Å². The molecule has 2 atom stereocenters. The van der Waals surface area contributed by atoms with Gasteiger partial charge in [-0.1, -0.05) is 0 Å². The Morgan fingerprint density at radius 2 is 1.73 bits per heavy atom. The summed E-state index contributed by atoms with van der Waals surface area (Å²) in [6.07, 6.45) is 0.833. The van der Waals surface area contributed by atoms with Crippen LogP contribution in [-0.2, 0) is 39.9 Å². The van der Waals surface area contributed by atoms with Gasteiger partial charge in [0.15, 0.2) is 0 Å². The summed E-state index contributed by atoms with van der Waals surface area (Å²) < 4.78 is 11.6. The maximum absolute atomic E-state index is 10.6. The third kappa shape index (κ3) is 27.8. The molecule has 0 aromatic heterocycles. The Bertz CT molecular complexity index is 315. The van der Waals surface area contributed by atoms with Gasteiger partial charge < -0.3 is 32.3 Å². The summed E-state index contributed by atoms with van der Waals surface area (Å²) in [5.74, 6) is -2.83. The number of hydrogen-bond donors (Lipinski definition) is 3. The second-order valence-corrected chi connectivity index (χ2v) is 4.49. The van der Waals surface area contributed by atoms with Crippen LogP contribution in [0, 0.1) is 5.92 Å². The molecule has 0 bridgehead atoms. The first-order valence-electron chi connectivity index (χ1n) is 5.26. The van der Waals surface area contributed by atoms with Gasteiger partial charge in [-0.2, -0.15) is 0 Å². The molecular weight excluding hydrogens is 504 g/mol. The molecule has 0 saturated carbocycles.